The van der Waals surface area contributed by atoms with Gasteiger partial charge in [-0.15, -0.1) is 0 Å². The van der Waals surface area contributed by atoms with Crippen LogP contribution in [0.5, 0.6) is 0 Å². The van der Waals surface area contributed by atoms with Gasteiger partial charge in [0.25, 0.3) is 0 Å². The maximum atomic E-state index is 11.4. The third-order valence-electron chi connectivity index (χ3n) is 2.18. The summed E-state index contributed by atoms with van der Waals surface area (Å²) in [4.78, 5) is 11.4. The molecule has 2 N–H and O–H groups in total. The minimum Gasteiger partial charge on any atom is -0.338 e. The Morgan fingerprint density at radius 1 is 1.41 bits per heavy atom. The quantitative estimate of drug-likeness (QED) is 0.832. The first-order chi connectivity index (χ1) is 8.11. The van der Waals surface area contributed by atoms with Crippen LogP contribution >= 0.6 is 0 Å². The van der Waals surface area contributed by atoms with Gasteiger partial charge in [-0.1, -0.05) is 26.0 Å². The van der Waals surface area contributed by atoms with Gasteiger partial charge < -0.3 is 10.6 Å². The molecule has 2 amide bonds. The summed E-state index contributed by atoms with van der Waals surface area (Å²) < 4.78 is 0. The van der Waals surface area contributed by atoms with Crippen LogP contribution in [0, 0.1) is 17.2 Å². The van der Waals surface area contributed by atoms with Gasteiger partial charge in [0.05, 0.1) is 11.6 Å². The summed E-state index contributed by atoms with van der Waals surface area (Å²) in [7, 11) is 0. The van der Waals surface area contributed by atoms with Crippen molar-refractivity contribution in [2.75, 3.05) is 6.54 Å². The van der Waals surface area contributed by atoms with E-state index >= 15 is 0 Å². The first-order valence-corrected chi connectivity index (χ1v) is 5.62. The second-order valence-corrected chi connectivity index (χ2v) is 4.27. The number of nitrogens with one attached hydrogen (secondary N) is 2. The highest BCUT2D eigenvalue weighted by Gasteiger charge is 2.01. The summed E-state index contributed by atoms with van der Waals surface area (Å²) >= 11 is 0. The van der Waals surface area contributed by atoms with Crippen LogP contribution in [0.15, 0.2) is 24.3 Å². The van der Waals surface area contributed by atoms with E-state index in [1.165, 1.54) is 0 Å². The molecule has 4 nitrogen and oxygen atoms in total. The Morgan fingerprint density at radius 3 is 2.82 bits per heavy atom. The fraction of sp³-hybridized carbons (Fsp3) is 0.385. The molecule has 17 heavy (non-hydrogen) atoms. The molecule has 4 heteroatoms. The third kappa shape index (κ3) is 5.03. The molecule has 0 heterocycles. The molecule has 0 aliphatic carbocycles. The summed E-state index contributed by atoms with van der Waals surface area (Å²) in [5.41, 5.74) is 1.52. The minimum absolute atomic E-state index is 0.180. The van der Waals surface area contributed by atoms with Crippen LogP contribution in [0.25, 0.3) is 0 Å². The lowest BCUT2D eigenvalue weighted by molar-refractivity contribution is 0.239. The smallest absolute Gasteiger partial charge is 0.315 e. The first kappa shape index (κ1) is 13.0. The van der Waals surface area contributed by atoms with E-state index in [0.29, 0.717) is 24.6 Å². The van der Waals surface area contributed by atoms with Crippen molar-refractivity contribution in [2.45, 2.75) is 20.4 Å². The van der Waals surface area contributed by atoms with E-state index in [1.54, 1.807) is 12.1 Å². The number of rotatable bonds is 4. The zero-order chi connectivity index (χ0) is 12.7. The van der Waals surface area contributed by atoms with Crippen molar-refractivity contribution in [2.24, 2.45) is 5.92 Å². The Morgan fingerprint density at radius 2 is 2.18 bits per heavy atom. The largest absolute Gasteiger partial charge is 0.338 e. The Bertz CT molecular complexity index is 421. The second kappa shape index (κ2) is 6.54. The van der Waals surface area contributed by atoms with Crippen molar-refractivity contribution in [1.29, 1.82) is 5.26 Å². The molecule has 0 aliphatic heterocycles. The van der Waals surface area contributed by atoms with Crippen LogP contribution in [0.2, 0.25) is 0 Å². The molecule has 0 fully saturated rings. The van der Waals surface area contributed by atoms with Gasteiger partial charge in [-0.3, -0.25) is 0 Å². The molecule has 0 bridgehead atoms. The number of urea groups is 1. The van der Waals surface area contributed by atoms with Crippen molar-refractivity contribution in [3.05, 3.63) is 35.4 Å². The molecule has 0 unspecified atom stereocenters. The van der Waals surface area contributed by atoms with Crippen LogP contribution in [-0.2, 0) is 6.54 Å². The van der Waals surface area contributed by atoms with Gasteiger partial charge in [-0.05, 0) is 23.6 Å². The maximum Gasteiger partial charge on any atom is 0.315 e. The second-order valence-electron chi connectivity index (χ2n) is 4.27. The fourth-order valence-electron chi connectivity index (χ4n) is 1.29. The summed E-state index contributed by atoms with van der Waals surface area (Å²) in [5, 5.41) is 14.2. The van der Waals surface area contributed by atoms with Crippen LogP contribution in [0.1, 0.15) is 25.0 Å². The predicted molar refractivity (Wildman–Crippen MR) is 66.2 cm³/mol. The number of amides is 2. The number of hydrogen-bond donors (Lipinski definition) is 2. The molecule has 0 radical (unpaired) electrons. The summed E-state index contributed by atoms with van der Waals surface area (Å²) in [6.07, 6.45) is 0. The number of hydrogen-bond acceptors (Lipinski definition) is 2. The van der Waals surface area contributed by atoms with E-state index in [2.05, 4.69) is 16.7 Å². The molecule has 0 saturated heterocycles. The minimum atomic E-state index is -0.180. The molecule has 0 spiro atoms. The maximum absolute atomic E-state index is 11.4. The molecule has 1 rings (SSSR count). The Labute approximate surface area is 102 Å². The first-order valence-electron chi connectivity index (χ1n) is 5.62. The lowest BCUT2D eigenvalue weighted by Crippen LogP contribution is -2.37. The zero-order valence-electron chi connectivity index (χ0n) is 10.2. The normalized spacial score (nSPS) is 9.76. The number of carbonyl (C=O) groups excluding carboxylic acids is 1. The molecule has 0 aliphatic rings. The Kier molecular flexibility index (Phi) is 5.02. The third-order valence-corrected chi connectivity index (χ3v) is 2.18. The summed E-state index contributed by atoms with van der Waals surface area (Å²) in [5.74, 6) is 0.433. The van der Waals surface area contributed by atoms with E-state index in [-0.39, 0.29) is 6.03 Å². The van der Waals surface area contributed by atoms with E-state index in [0.717, 1.165) is 5.56 Å². The van der Waals surface area contributed by atoms with Gasteiger partial charge in [0, 0.05) is 13.1 Å². The van der Waals surface area contributed by atoms with Crippen molar-refractivity contribution in [3.63, 3.8) is 0 Å². The molecule has 0 saturated carbocycles. The monoisotopic (exact) mass is 231 g/mol. The number of nitriles is 1. The standard InChI is InChI=1S/C13H17N3O/c1-10(2)8-15-13(17)16-9-12-5-3-4-11(6-12)7-14/h3-6,10H,8-9H2,1-2H3,(H2,15,16,17). The molecule has 1 aromatic carbocycles. The topological polar surface area (TPSA) is 64.9 Å². The van der Waals surface area contributed by atoms with Crippen LogP contribution in [0.3, 0.4) is 0 Å². The lowest BCUT2D eigenvalue weighted by atomic mass is 10.1. The van der Waals surface area contributed by atoms with Crippen molar-refractivity contribution in [3.8, 4) is 6.07 Å². The SMILES string of the molecule is CC(C)CNC(=O)NCc1cccc(C#N)c1. The number of benzene rings is 1. The highest BCUT2D eigenvalue weighted by Crippen LogP contribution is 2.03. The van der Waals surface area contributed by atoms with Crippen LogP contribution in [-0.4, -0.2) is 12.6 Å². The predicted octanol–water partition coefficient (Wildman–Crippen LogP) is 2.01. The van der Waals surface area contributed by atoms with Gasteiger partial charge >= 0.3 is 6.03 Å². The van der Waals surface area contributed by atoms with Crippen molar-refractivity contribution >= 4 is 6.03 Å². The van der Waals surface area contributed by atoms with Gasteiger partial charge in [0.1, 0.15) is 0 Å². The lowest BCUT2D eigenvalue weighted by Gasteiger charge is -2.09. The van der Waals surface area contributed by atoms with E-state index < -0.39 is 0 Å². The highest BCUT2D eigenvalue weighted by molar-refractivity contribution is 5.73. The number of nitrogens with zero attached hydrogens (tertiary/aromatic N) is 1. The fourth-order valence-corrected chi connectivity index (χ4v) is 1.29. The Balaban J connectivity index is 2.40. The molecular formula is C13H17N3O. The van der Waals surface area contributed by atoms with E-state index in [4.69, 9.17) is 5.26 Å². The molecule has 0 atom stereocenters. The highest BCUT2D eigenvalue weighted by atomic mass is 16.2. The summed E-state index contributed by atoms with van der Waals surface area (Å²) in [6.45, 7) is 5.16. The van der Waals surface area contributed by atoms with Crippen molar-refractivity contribution in [1.82, 2.24) is 10.6 Å². The van der Waals surface area contributed by atoms with E-state index in [9.17, 15) is 4.79 Å². The molecule has 1 aromatic rings. The Hall–Kier alpha value is -2.02. The van der Waals surface area contributed by atoms with Gasteiger partial charge in [0.2, 0.25) is 0 Å². The van der Waals surface area contributed by atoms with E-state index in [1.807, 2.05) is 26.0 Å². The van der Waals surface area contributed by atoms with Crippen molar-refractivity contribution < 1.29 is 4.79 Å². The van der Waals surface area contributed by atoms with Gasteiger partial charge in [0.15, 0.2) is 0 Å². The zero-order valence-corrected chi connectivity index (χ0v) is 10.2. The van der Waals surface area contributed by atoms with Crippen LogP contribution < -0.4 is 10.6 Å². The molecule has 0 aromatic heterocycles. The number of carbonyl (C=O) groups is 1. The van der Waals surface area contributed by atoms with Crippen LogP contribution in [0.4, 0.5) is 4.79 Å². The molecular weight excluding hydrogens is 214 g/mol. The van der Waals surface area contributed by atoms with Gasteiger partial charge in [-0.25, -0.2) is 4.79 Å². The summed E-state index contributed by atoms with van der Waals surface area (Å²) in [6, 6.07) is 9.08. The average Bonchev–Trinajstić information content (AvgIpc) is 2.34. The molecule has 90 valence electrons. The average molecular weight is 231 g/mol. The van der Waals surface area contributed by atoms with Gasteiger partial charge in [-0.2, -0.15) is 5.26 Å².